The number of ketones is 1. The Bertz CT molecular complexity index is 717. The van der Waals surface area contributed by atoms with E-state index in [9.17, 15) is 9.90 Å². The van der Waals surface area contributed by atoms with E-state index in [-0.39, 0.29) is 18.1 Å². The summed E-state index contributed by atoms with van der Waals surface area (Å²) in [7, 11) is 0. The number of carbonyl (C=O) groups excluding carboxylic acids is 1. The Morgan fingerprint density at radius 2 is 1.90 bits per heavy atom. The first-order valence-electron chi connectivity index (χ1n) is 6.14. The van der Waals surface area contributed by atoms with E-state index in [1.807, 2.05) is 24.3 Å². The number of nitrogens with one attached hydrogen (secondary N) is 1. The van der Waals surface area contributed by atoms with Crippen molar-refractivity contribution >= 4 is 32.5 Å². The highest BCUT2D eigenvalue weighted by atomic mass is 32.1. The van der Waals surface area contributed by atoms with Crippen LogP contribution >= 0.6 is 11.3 Å². The maximum Gasteiger partial charge on any atom is 0.184 e. The Hall–Kier alpha value is -2.40. The van der Waals surface area contributed by atoms with Crippen LogP contribution in [-0.4, -0.2) is 22.4 Å². The van der Waals surface area contributed by atoms with E-state index in [0.29, 0.717) is 5.56 Å². The number of carbonyl (C=O) groups is 1. The molecule has 0 unspecified atom stereocenters. The predicted octanol–water partition coefficient (Wildman–Crippen LogP) is 3.30. The van der Waals surface area contributed by atoms with Crippen molar-refractivity contribution in [3.63, 3.8) is 0 Å². The molecule has 2 N–H and O–H groups in total. The van der Waals surface area contributed by atoms with Crippen LogP contribution in [0.4, 0.5) is 5.13 Å². The fraction of sp³-hybridized carbons (Fsp3) is 0.0667. The van der Waals surface area contributed by atoms with Gasteiger partial charge in [0.15, 0.2) is 10.9 Å². The van der Waals surface area contributed by atoms with Gasteiger partial charge in [0.25, 0.3) is 0 Å². The second-order valence-corrected chi connectivity index (χ2v) is 5.34. The van der Waals surface area contributed by atoms with Gasteiger partial charge < -0.3 is 10.4 Å². The Kier molecular flexibility index (Phi) is 3.35. The van der Waals surface area contributed by atoms with Gasteiger partial charge in [0.05, 0.1) is 16.8 Å². The van der Waals surface area contributed by atoms with Crippen molar-refractivity contribution in [2.45, 2.75) is 0 Å². The number of aromatic nitrogens is 1. The molecular formula is C15H12N2O2S. The largest absolute Gasteiger partial charge is 0.508 e. The number of phenolic OH excluding ortho intramolecular Hbond substituents is 1. The minimum absolute atomic E-state index is 0.0377. The van der Waals surface area contributed by atoms with Gasteiger partial charge in [0, 0.05) is 5.56 Å². The van der Waals surface area contributed by atoms with Crippen LogP contribution in [0, 0.1) is 0 Å². The van der Waals surface area contributed by atoms with Crippen molar-refractivity contribution < 1.29 is 9.90 Å². The summed E-state index contributed by atoms with van der Waals surface area (Å²) in [5.41, 5.74) is 1.49. The third-order valence-electron chi connectivity index (χ3n) is 2.88. The van der Waals surface area contributed by atoms with Gasteiger partial charge in [0.1, 0.15) is 5.75 Å². The summed E-state index contributed by atoms with van der Waals surface area (Å²) < 4.78 is 1.09. The lowest BCUT2D eigenvalue weighted by molar-refractivity contribution is 0.101. The van der Waals surface area contributed by atoms with Crippen molar-refractivity contribution in [1.29, 1.82) is 0 Å². The van der Waals surface area contributed by atoms with Crippen molar-refractivity contribution in [3.8, 4) is 5.75 Å². The minimum atomic E-state index is -0.0377. The van der Waals surface area contributed by atoms with Crippen molar-refractivity contribution in [1.82, 2.24) is 4.98 Å². The molecule has 0 fully saturated rings. The van der Waals surface area contributed by atoms with Gasteiger partial charge in [-0.05, 0) is 36.4 Å². The smallest absolute Gasteiger partial charge is 0.184 e. The predicted molar refractivity (Wildman–Crippen MR) is 80.5 cm³/mol. The van der Waals surface area contributed by atoms with E-state index in [1.165, 1.54) is 23.5 Å². The molecule has 0 atom stereocenters. The van der Waals surface area contributed by atoms with Gasteiger partial charge in [-0.2, -0.15) is 0 Å². The average Bonchev–Trinajstić information content (AvgIpc) is 2.88. The van der Waals surface area contributed by atoms with Crippen LogP contribution in [0.3, 0.4) is 0 Å². The van der Waals surface area contributed by atoms with Gasteiger partial charge in [0.2, 0.25) is 0 Å². The number of aromatic hydroxyl groups is 1. The fourth-order valence-corrected chi connectivity index (χ4v) is 2.71. The summed E-state index contributed by atoms with van der Waals surface area (Å²) in [5.74, 6) is 0.116. The zero-order chi connectivity index (χ0) is 13.9. The number of fused-ring (bicyclic) bond motifs is 1. The summed E-state index contributed by atoms with van der Waals surface area (Å²) in [6.07, 6.45) is 0. The van der Waals surface area contributed by atoms with Gasteiger partial charge in [-0.15, -0.1) is 0 Å². The molecule has 0 amide bonds. The lowest BCUT2D eigenvalue weighted by Crippen LogP contribution is -2.13. The number of anilines is 1. The van der Waals surface area contributed by atoms with E-state index >= 15 is 0 Å². The molecule has 0 bridgehead atoms. The highest BCUT2D eigenvalue weighted by Crippen LogP contribution is 2.25. The van der Waals surface area contributed by atoms with Crippen LogP contribution in [0.2, 0.25) is 0 Å². The average molecular weight is 284 g/mol. The first kappa shape index (κ1) is 12.6. The third-order valence-corrected chi connectivity index (χ3v) is 3.88. The number of thiazole rings is 1. The molecule has 1 heterocycles. The van der Waals surface area contributed by atoms with Crippen LogP contribution in [0.25, 0.3) is 10.2 Å². The molecule has 0 aliphatic carbocycles. The first-order chi connectivity index (χ1) is 9.72. The van der Waals surface area contributed by atoms with Gasteiger partial charge in [-0.3, -0.25) is 4.79 Å². The van der Waals surface area contributed by atoms with Crippen molar-refractivity contribution in [2.24, 2.45) is 0 Å². The van der Waals surface area contributed by atoms with Gasteiger partial charge in [-0.25, -0.2) is 4.98 Å². The van der Waals surface area contributed by atoms with Crippen LogP contribution < -0.4 is 5.32 Å². The highest BCUT2D eigenvalue weighted by Gasteiger charge is 2.08. The lowest BCUT2D eigenvalue weighted by atomic mass is 10.1. The van der Waals surface area contributed by atoms with E-state index in [2.05, 4.69) is 10.3 Å². The van der Waals surface area contributed by atoms with Crippen LogP contribution in [0.1, 0.15) is 10.4 Å². The molecule has 0 radical (unpaired) electrons. The summed E-state index contributed by atoms with van der Waals surface area (Å²) in [6, 6.07) is 14.1. The Morgan fingerprint density at radius 3 is 2.65 bits per heavy atom. The molecule has 0 saturated carbocycles. The van der Waals surface area contributed by atoms with Crippen LogP contribution in [0.15, 0.2) is 48.5 Å². The molecular weight excluding hydrogens is 272 g/mol. The molecule has 2 aromatic carbocycles. The third kappa shape index (κ3) is 2.62. The van der Waals surface area contributed by atoms with Gasteiger partial charge >= 0.3 is 0 Å². The van der Waals surface area contributed by atoms with Gasteiger partial charge in [-0.1, -0.05) is 23.5 Å². The summed E-state index contributed by atoms with van der Waals surface area (Å²) in [4.78, 5) is 16.4. The standard InChI is InChI=1S/C15H12N2O2S/c18-11-7-5-10(6-8-11)13(19)9-16-15-17-12-3-1-2-4-14(12)20-15/h1-8,18H,9H2,(H,16,17). The number of nitrogens with zero attached hydrogens (tertiary/aromatic N) is 1. The molecule has 3 rings (SSSR count). The molecule has 0 aliphatic heterocycles. The number of benzene rings is 2. The number of hydrogen-bond donors (Lipinski definition) is 2. The molecule has 5 heteroatoms. The molecule has 100 valence electrons. The second-order valence-electron chi connectivity index (χ2n) is 4.31. The summed E-state index contributed by atoms with van der Waals surface area (Å²) >= 11 is 1.52. The molecule has 4 nitrogen and oxygen atoms in total. The quantitative estimate of drug-likeness (QED) is 0.722. The summed E-state index contributed by atoms with van der Waals surface area (Å²) in [6.45, 7) is 0.185. The maximum absolute atomic E-state index is 12.0. The lowest BCUT2D eigenvalue weighted by Gasteiger charge is -2.02. The maximum atomic E-state index is 12.0. The molecule has 0 saturated heterocycles. The van der Waals surface area contributed by atoms with Crippen LogP contribution in [-0.2, 0) is 0 Å². The van der Waals surface area contributed by atoms with Crippen molar-refractivity contribution in [2.75, 3.05) is 11.9 Å². The highest BCUT2D eigenvalue weighted by molar-refractivity contribution is 7.22. The van der Waals surface area contributed by atoms with Crippen molar-refractivity contribution in [3.05, 3.63) is 54.1 Å². The monoisotopic (exact) mass is 284 g/mol. The SMILES string of the molecule is O=C(CNc1nc2ccccc2s1)c1ccc(O)cc1. The fourth-order valence-electron chi connectivity index (χ4n) is 1.85. The molecule has 3 aromatic rings. The number of para-hydroxylation sites is 1. The molecule has 1 aromatic heterocycles. The number of phenols is 1. The van der Waals surface area contributed by atoms with E-state index in [1.54, 1.807) is 12.1 Å². The van der Waals surface area contributed by atoms with E-state index in [0.717, 1.165) is 15.3 Å². The normalized spacial score (nSPS) is 10.6. The minimum Gasteiger partial charge on any atom is -0.508 e. The van der Waals surface area contributed by atoms with E-state index in [4.69, 9.17) is 0 Å². The first-order valence-corrected chi connectivity index (χ1v) is 6.96. The summed E-state index contributed by atoms with van der Waals surface area (Å²) in [5, 5.41) is 13.0. The van der Waals surface area contributed by atoms with Crippen LogP contribution in [0.5, 0.6) is 5.75 Å². The Balaban J connectivity index is 1.69. The second kappa shape index (κ2) is 5.30. The number of hydrogen-bond acceptors (Lipinski definition) is 5. The Morgan fingerprint density at radius 1 is 1.15 bits per heavy atom. The molecule has 0 spiro atoms. The Labute approximate surface area is 119 Å². The number of Topliss-reactive ketones (excluding diaryl/α,β-unsaturated/α-hetero) is 1. The topological polar surface area (TPSA) is 62.2 Å². The number of rotatable bonds is 4. The van der Waals surface area contributed by atoms with E-state index < -0.39 is 0 Å². The zero-order valence-corrected chi connectivity index (χ0v) is 11.4. The molecule has 0 aliphatic rings. The molecule has 20 heavy (non-hydrogen) atoms. The zero-order valence-electron chi connectivity index (χ0n) is 10.5.